The van der Waals surface area contributed by atoms with Gasteiger partial charge in [0.2, 0.25) is 0 Å². The Morgan fingerprint density at radius 1 is 1.06 bits per heavy atom. The van der Waals surface area contributed by atoms with Crippen LogP contribution < -0.4 is 5.32 Å². The van der Waals surface area contributed by atoms with Crippen LogP contribution in [0.3, 0.4) is 0 Å². The monoisotopic (exact) mass is 225 g/mol. The zero-order valence-corrected chi connectivity index (χ0v) is 11.6. The van der Waals surface area contributed by atoms with E-state index in [4.69, 9.17) is 0 Å². The van der Waals surface area contributed by atoms with Crippen LogP contribution in [-0.2, 0) is 0 Å². The van der Waals surface area contributed by atoms with Crippen molar-refractivity contribution in [2.24, 2.45) is 11.8 Å². The topological polar surface area (TPSA) is 12.0 Å². The molecule has 0 radical (unpaired) electrons. The van der Waals surface area contributed by atoms with Gasteiger partial charge in [-0.2, -0.15) is 0 Å². The molecule has 1 saturated carbocycles. The van der Waals surface area contributed by atoms with Gasteiger partial charge in [0.15, 0.2) is 0 Å². The van der Waals surface area contributed by atoms with Crippen LogP contribution in [0.2, 0.25) is 0 Å². The second-order valence-corrected chi connectivity index (χ2v) is 5.93. The van der Waals surface area contributed by atoms with Crippen molar-refractivity contribution in [2.45, 2.75) is 78.2 Å². The molecule has 1 atom stereocenters. The minimum atomic E-state index is 0.846. The fourth-order valence-electron chi connectivity index (χ4n) is 2.43. The van der Waals surface area contributed by atoms with Crippen LogP contribution in [0.5, 0.6) is 0 Å². The summed E-state index contributed by atoms with van der Waals surface area (Å²) < 4.78 is 0. The molecule has 0 bridgehead atoms. The lowest BCUT2D eigenvalue weighted by atomic mass is 10.0. The maximum atomic E-state index is 3.73. The molecule has 1 unspecified atom stereocenters. The first-order valence-corrected chi connectivity index (χ1v) is 7.47. The van der Waals surface area contributed by atoms with Gasteiger partial charge in [-0.25, -0.2) is 0 Å². The van der Waals surface area contributed by atoms with E-state index in [1.165, 1.54) is 57.9 Å². The van der Waals surface area contributed by atoms with Crippen molar-refractivity contribution in [3.05, 3.63) is 0 Å². The lowest BCUT2D eigenvalue weighted by molar-refractivity contribution is 0.410. The molecule has 1 aliphatic carbocycles. The third-order valence-electron chi connectivity index (χ3n) is 3.64. The van der Waals surface area contributed by atoms with E-state index in [0.29, 0.717) is 0 Å². The molecule has 0 heterocycles. The lowest BCUT2D eigenvalue weighted by Gasteiger charge is -2.17. The van der Waals surface area contributed by atoms with E-state index in [2.05, 4.69) is 26.1 Å². The molecule has 0 aromatic carbocycles. The van der Waals surface area contributed by atoms with E-state index >= 15 is 0 Å². The van der Waals surface area contributed by atoms with Gasteiger partial charge >= 0.3 is 0 Å². The summed E-state index contributed by atoms with van der Waals surface area (Å²) in [5.74, 6) is 1.91. The van der Waals surface area contributed by atoms with Crippen LogP contribution in [0.25, 0.3) is 0 Å². The molecule has 1 heteroatoms. The summed E-state index contributed by atoms with van der Waals surface area (Å²) in [5, 5.41) is 3.73. The Hall–Kier alpha value is -0.0400. The van der Waals surface area contributed by atoms with Crippen molar-refractivity contribution in [3.8, 4) is 0 Å². The van der Waals surface area contributed by atoms with Crippen LogP contribution >= 0.6 is 0 Å². The molecular weight excluding hydrogens is 194 g/mol. The summed E-state index contributed by atoms with van der Waals surface area (Å²) >= 11 is 0. The molecule has 1 aliphatic rings. The third kappa shape index (κ3) is 6.52. The molecule has 0 spiro atoms. The highest BCUT2D eigenvalue weighted by Crippen LogP contribution is 2.34. The van der Waals surface area contributed by atoms with E-state index < -0.39 is 0 Å². The number of unbranched alkanes of at least 4 members (excludes halogenated alkanes) is 2. The predicted octanol–water partition coefficient (Wildman–Crippen LogP) is 4.37. The summed E-state index contributed by atoms with van der Waals surface area (Å²) in [6.45, 7) is 8.14. The fraction of sp³-hybridized carbons (Fsp3) is 1.00. The maximum absolute atomic E-state index is 3.73. The van der Waals surface area contributed by atoms with Crippen molar-refractivity contribution < 1.29 is 0 Å². The Kier molecular flexibility index (Phi) is 7.11. The van der Waals surface area contributed by atoms with Crippen LogP contribution in [0.4, 0.5) is 0 Å². The van der Waals surface area contributed by atoms with Crippen LogP contribution in [0.15, 0.2) is 0 Å². The Morgan fingerprint density at radius 3 is 2.31 bits per heavy atom. The SMILES string of the molecule is CCCNC(CCCCCC(C)C)C1CC1. The van der Waals surface area contributed by atoms with Gasteiger partial charge in [-0.1, -0.05) is 46.5 Å². The maximum Gasteiger partial charge on any atom is 0.00953 e. The Balaban J connectivity index is 1.99. The van der Waals surface area contributed by atoms with E-state index in [1.807, 2.05) is 0 Å². The van der Waals surface area contributed by atoms with E-state index in [1.54, 1.807) is 0 Å². The van der Waals surface area contributed by atoms with Crippen molar-refractivity contribution in [1.82, 2.24) is 5.32 Å². The highest BCUT2D eigenvalue weighted by molar-refractivity contribution is 4.86. The van der Waals surface area contributed by atoms with Gasteiger partial charge in [0.25, 0.3) is 0 Å². The molecule has 0 aromatic rings. The summed E-state index contributed by atoms with van der Waals surface area (Å²) in [4.78, 5) is 0. The van der Waals surface area contributed by atoms with Gasteiger partial charge in [-0.05, 0) is 44.1 Å². The summed E-state index contributed by atoms with van der Waals surface area (Å²) in [6, 6.07) is 0.846. The standard InChI is InChI=1S/C15H31N/c1-4-12-16-15(14-10-11-14)9-7-5-6-8-13(2)3/h13-16H,4-12H2,1-3H3. The van der Waals surface area contributed by atoms with Gasteiger partial charge in [-0.3, -0.25) is 0 Å². The molecule has 1 fully saturated rings. The van der Waals surface area contributed by atoms with Crippen molar-refractivity contribution in [1.29, 1.82) is 0 Å². The number of rotatable bonds is 10. The molecule has 16 heavy (non-hydrogen) atoms. The predicted molar refractivity (Wildman–Crippen MR) is 72.7 cm³/mol. The van der Waals surface area contributed by atoms with Gasteiger partial charge in [0.1, 0.15) is 0 Å². The van der Waals surface area contributed by atoms with Crippen molar-refractivity contribution >= 4 is 0 Å². The first-order valence-electron chi connectivity index (χ1n) is 7.47. The lowest BCUT2D eigenvalue weighted by Crippen LogP contribution is -2.31. The minimum Gasteiger partial charge on any atom is -0.314 e. The Morgan fingerprint density at radius 2 is 1.75 bits per heavy atom. The second-order valence-electron chi connectivity index (χ2n) is 5.93. The molecule has 1 rings (SSSR count). The zero-order valence-electron chi connectivity index (χ0n) is 11.6. The Labute approximate surface area is 102 Å². The van der Waals surface area contributed by atoms with Crippen LogP contribution in [0.1, 0.15) is 72.1 Å². The Bertz CT molecular complexity index is 161. The smallest absolute Gasteiger partial charge is 0.00953 e. The molecule has 1 nitrogen and oxygen atoms in total. The summed E-state index contributed by atoms with van der Waals surface area (Å²) in [7, 11) is 0. The second kappa shape index (κ2) is 8.11. The van der Waals surface area contributed by atoms with Gasteiger partial charge in [-0.15, -0.1) is 0 Å². The van der Waals surface area contributed by atoms with Crippen LogP contribution in [-0.4, -0.2) is 12.6 Å². The number of nitrogens with one attached hydrogen (secondary N) is 1. The summed E-state index contributed by atoms with van der Waals surface area (Å²) in [5.41, 5.74) is 0. The minimum absolute atomic E-state index is 0.846. The molecule has 0 amide bonds. The van der Waals surface area contributed by atoms with Gasteiger partial charge < -0.3 is 5.32 Å². The van der Waals surface area contributed by atoms with E-state index in [0.717, 1.165) is 17.9 Å². The highest BCUT2D eigenvalue weighted by atomic mass is 14.9. The zero-order chi connectivity index (χ0) is 11.8. The van der Waals surface area contributed by atoms with Crippen molar-refractivity contribution in [2.75, 3.05) is 6.54 Å². The molecule has 0 saturated heterocycles. The molecular formula is C15H31N. The van der Waals surface area contributed by atoms with E-state index in [-0.39, 0.29) is 0 Å². The third-order valence-corrected chi connectivity index (χ3v) is 3.64. The first-order chi connectivity index (χ1) is 7.74. The average Bonchev–Trinajstić information content (AvgIpc) is 3.05. The number of hydrogen-bond acceptors (Lipinski definition) is 1. The fourth-order valence-corrected chi connectivity index (χ4v) is 2.43. The van der Waals surface area contributed by atoms with Crippen LogP contribution in [0, 0.1) is 11.8 Å². The molecule has 1 N–H and O–H groups in total. The quantitative estimate of drug-likeness (QED) is 0.544. The van der Waals surface area contributed by atoms with Crippen molar-refractivity contribution in [3.63, 3.8) is 0 Å². The molecule has 0 aromatic heterocycles. The van der Waals surface area contributed by atoms with Gasteiger partial charge in [0.05, 0.1) is 0 Å². The van der Waals surface area contributed by atoms with E-state index in [9.17, 15) is 0 Å². The normalized spacial score (nSPS) is 18.0. The highest BCUT2D eigenvalue weighted by Gasteiger charge is 2.29. The molecule has 96 valence electrons. The van der Waals surface area contributed by atoms with Gasteiger partial charge in [0, 0.05) is 6.04 Å². The average molecular weight is 225 g/mol. The first kappa shape index (κ1) is 14.0. The molecule has 0 aliphatic heterocycles. The number of hydrogen-bond donors (Lipinski definition) is 1. The summed E-state index contributed by atoms with van der Waals surface area (Å²) in [6.07, 6.45) is 11.4. The largest absolute Gasteiger partial charge is 0.314 e.